The molecule has 0 amide bonds. The maximum absolute atomic E-state index is 4.93. The van der Waals surface area contributed by atoms with Gasteiger partial charge in [-0.25, -0.2) is 0 Å². The fraction of sp³-hybridized carbons (Fsp3) is 0. The number of aromatic nitrogens is 2. The van der Waals surface area contributed by atoms with Crippen LogP contribution in [0.1, 0.15) is 11.4 Å². The van der Waals surface area contributed by atoms with E-state index < -0.39 is 20.8 Å². The average molecular weight is 396 g/mol. The van der Waals surface area contributed by atoms with Crippen molar-refractivity contribution < 1.29 is 20.8 Å². The molecule has 0 N–H and O–H groups in total. The van der Waals surface area contributed by atoms with Crippen molar-refractivity contribution in [2.75, 3.05) is 0 Å². The zero-order valence-electron chi connectivity index (χ0n) is 11.2. The van der Waals surface area contributed by atoms with Gasteiger partial charge in [0.2, 0.25) is 0 Å². The first-order valence-corrected chi connectivity index (χ1v) is 12.5. The van der Waals surface area contributed by atoms with Crippen LogP contribution in [0.15, 0.2) is 48.8 Å². The van der Waals surface area contributed by atoms with Crippen LogP contribution in [0.3, 0.4) is 0 Å². The molecule has 2 aromatic heterocycles. The molecule has 0 aliphatic heterocycles. The maximum Gasteiger partial charge on any atom is 0.0239 e. The first-order chi connectivity index (χ1) is 10.4. The zero-order chi connectivity index (χ0) is 15.2. The molecule has 0 aromatic carbocycles. The molecule has 21 heavy (non-hydrogen) atoms. The molecular weight excluding hydrogens is 382 g/mol. The molecule has 2 aromatic rings. The molecule has 1 aliphatic carbocycles. The third-order valence-electron chi connectivity index (χ3n) is 2.23. The first kappa shape index (κ1) is 18.7. The van der Waals surface area contributed by atoms with E-state index in [1.165, 1.54) is 0 Å². The molecule has 0 saturated heterocycles. The normalized spacial score (nSPS) is 12.1. The van der Waals surface area contributed by atoms with Gasteiger partial charge in [0.05, 0.1) is 0 Å². The Morgan fingerprint density at radius 1 is 0.714 bits per heavy atom. The van der Waals surface area contributed by atoms with Gasteiger partial charge in [-0.15, -0.1) is 30.7 Å². The summed E-state index contributed by atoms with van der Waals surface area (Å²) in [7, 11) is 9.87. The second kappa shape index (κ2) is 13.3. The van der Waals surface area contributed by atoms with Crippen molar-refractivity contribution in [3.63, 3.8) is 0 Å². The minimum atomic E-state index is -0.826. The topological polar surface area (TPSA) is 25.8 Å². The third-order valence-corrected chi connectivity index (χ3v) is 2.23. The summed E-state index contributed by atoms with van der Waals surface area (Å²) in [6.07, 6.45) is 15.5. The molecule has 5 radical (unpaired) electrons. The molecule has 105 valence electrons. The summed E-state index contributed by atoms with van der Waals surface area (Å²) in [5, 5.41) is 0. The van der Waals surface area contributed by atoms with Gasteiger partial charge in [-0.05, 0) is 43.5 Å². The Labute approximate surface area is 146 Å². The summed E-state index contributed by atoms with van der Waals surface area (Å²) in [6, 6.07) is 11.6. The number of pyridine rings is 2. The molecule has 2 heterocycles. The van der Waals surface area contributed by atoms with E-state index in [4.69, 9.17) is 17.0 Å². The van der Waals surface area contributed by atoms with Crippen molar-refractivity contribution in [2.24, 2.45) is 0 Å². The van der Waals surface area contributed by atoms with Gasteiger partial charge < -0.3 is 0 Å². The molecule has 0 bridgehead atoms. The van der Waals surface area contributed by atoms with E-state index in [1.54, 1.807) is 12.4 Å². The minimum Gasteiger partial charge on any atom is -0.283 e. The van der Waals surface area contributed by atoms with E-state index in [-0.39, 0.29) is 0 Å². The van der Waals surface area contributed by atoms with Crippen molar-refractivity contribution in [1.82, 2.24) is 9.97 Å². The van der Waals surface area contributed by atoms with Crippen LogP contribution in [-0.2, 0) is 20.8 Å². The van der Waals surface area contributed by atoms with Gasteiger partial charge >= 0.3 is 37.9 Å². The molecule has 0 spiro atoms. The number of hydrogen-bond donors (Lipinski definition) is 0. The van der Waals surface area contributed by atoms with Gasteiger partial charge in [0.1, 0.15) is 0 Å². The Bertz CT molecular complexity index is 405. The van der Waals surface area contributed by atoms with E-state index in [2.05, 4.69) is 9.97 Å². The van der Waals surface area contributed by atoms with Gasteiger partial charge in [-0.3, -0.25) is 9.97 Å². The SMILES string of the molecule is [CH]1[CH][CH][CH][CH]1.[Cl][Zr+2][Cl].c1ccc([CH-]c2ccccn2)nc1. The molecule has 1 saturated carbocycles. The molecule has 0 atom stereocenters. The van der Waals surface area contributed by atoms with E-state index in [9.17, 15) is 0 Å². The standard InChI is InChI=1S/C11H9N2.C5H5.2ClH.Zr/c1-3-7-12-10(5-1)9-11-6-2-4-8-13-11;1-2-4-5-3-1;;;/h1-9H;1-5H;2*1H;/q-1;;;;+4/p-2. The van der Waals surface area contributed by atoms with Crippen LogP contribution in [0.4, 0.5) is 0 Å². The van der Waals surface area contributed by atoms with Gasteiger partial charge in [-0.2, -0.15) is 0 Å². The number of rotatable bonds is 2. The van der Waals surface area contributed by atoms with Crippen LogP contribution >= 0.6 is 17.0 Å². The number of nitrogens with zero attached hydrogens (tertiary/aromatic N) is 2. The number of halogens is 2. The predicted octanol–water partition coefficient (Wildman–Crippen LogP) is 4.48. The molecule has 5 heteroatoms. The monoisotopic (exact) mass is 394 g/mol. The van der Waals surface area contributed by atoms with Crippen molar-refractivity contribution in [3.05, 3.63) is 98.7 Å². The maximum atomic E-state index is 4.93. The van der Waals surface area contributed by atoms with E-state index in [1.807, 2.05) is 74.9 Å². The summed E-state index contributed by atoms with van der Waals surface area (Å²) >= 11 is -0.826. The average Bonchev–Trinajstić information content (AvgIpc) is 3.10. The van der Waals surface area contributed by atoms with Crippen molar-refractivity contribution in [3.8, 4) is 0 Å². The molecule has 3 rings (SSSR count). The molecule has 1 fully saturated rings. The largest absolute Gasteiger partial charge is 0.283 e. The number of hydrogen-bond acceptors (Lipinski definition) is 2. The molecular formula is C16H14Cl2N2Zr+. The first-order valence-electron chi connectivity index (χ1n) is 6.16. The fourth-order valence-corrected chi connectivity index (χ4v) is 1.39. The van der Waals surface area contributed by atoms with Gasteiger partial charge in [0, 0.05) is 12.4 Å². The van der Waals surface area contributed by atoms with E-state index in [0.717, 1.165) is 11.4 Å². The Hall–Kier alpha value is -0.367. The van der Waals surface area contributed by atoms with Gasteiger partial charge in [-0.1, -0.05) is 12.1 Å². The molecule has 1 aliphatic rings. The summed E-state index contributed by atoms with van der Waals surface area (Å²) < 4.78 is 0. The van der Waals surface area contributed by atoms with Crippen molar-refractivity contribution in [2.45, 2.75) is 0 Å². The van der Waals surface area contributed by atoms with Crippen molar-refractivity contribution in [1.29, 1.82) is 0 Å². The summed E-state index contributed by atoms with van der Waals surface area (Å²) in [6.45, 7) is 0. The van der Waals surface area contributed by atoms with Gasteiger partial charge in [0.25, 0.3) is 0 Å². The Kier molecular flexibility index (Phi) is 11.8. The van der Waals surface area contributed by atoms with E-state index >= 15 is 0 Å². The second-order valence-corrected chi connectivity index (χ2v) is 7.42. The molecule has 0 unspecified atom stereocenters. The van der Waals surface area contributed by atoms with Crippen LogP contribution in [0, 0.1) is 38.5 Å². The van der Waals surface area contributed by atoms with Crippen LogP contribution in [-0.4, -0.2) is 9.97 Å². The Morgan fingerprint density at radius 3 is 1.38 bits per heavy atom. The molecule has 2 nitrogen and oxygen atoms in total. The predicted molar refractivity (Wildman–Crippen MR) is 84.2 cm³/mol. The fourth-order valence-electron chi connectivity index (χ4n) is 1.39. The Morgan fingerprint density at radius 2 is 1.10 bits per heavy atom. The second-order valence-electron chi connectivity index (χ2n) is 3.69. The minimum absolute atomic E-state index is 0.826. The summed E-state index contributed by atoms with van der Waals surface area (Å²) in [4.78, 5) is 8.36. The van der Waals surface area contributed by atoms with Crippen LogP contribution in [0.2, 0.25) is 0 Å². The quantitative estimate of drug-likeness (QED) is 0.700. The zero-order valence-corrected chi connectivity index (χ0v) is 15.2. The van der Waals surface area contributed by atoms with E-state index in [0.29, 0.717) is 0 Å². The van der Waals surface area contributed by atoms with Crippen LogP contribution in [0.5, 0.6) is 0 Å². The Balaban J connectivity index is 0.000000228. The summed E-state index contributed by atoms with van der Waals surface area (Å²) in [5.41, 5.74) is 1.86. The summed E-state index contributed by atoms with van der Waals surface area (Å²) in [5.74, 6) is 0. The smallest absolute Gasteiger partial charge is 0.0239 e. The van der Waals surface area contributed by atoms with Crippen molar-refractivity contribution >= 4 is 17.0 Å². The van der Waals surface area contributed by atoms with Gasteiger partial charge in [0.15, 0.2) is 0 Å². The van der Waals surface area contributed by atoms with Crippen LogP contribution in [0.25, 0.3) is 0 Å². The third kappa shape index (κ3) is 10.1. The van der Waals surface area contributed by atoms with Crippen LogP contribution < -0.4 is 0 Å².